The number of esters is 1. The van der Waals surface area contributed by atoms with Crippen molar-refractivity contribution in [2.24, 2.45) is 5.73 Å². The van der Waals surface area contributed by atoms with Crippen molar-refractivity contribution < 1.29 is 9.53 Å². The Morgan fingerprint density at radius 1 is 1.44 bits per heavy atom. The Morgan fingerprint density at radius 3 is 2.89 bits per heavy atom. The maximum absolute atomic E-state index is 11.4. The highest BCUT2D eigenvalue weighted by Crippen LogP contribution is 2.18. The molecule has 4 nitrogen and oxygen atoms in total. The number of nitrogens with one attached hydrogen (secondary N) is 1. The monoisotopic (exact) mass is 246 g/mol. The predicted molar refractivity (Wildman–Crippen MR) is 71.6 cm³/mol. The van der Waals surface area contributed by atoms with Crippen LogP contribution in [0.3, 0.4) is 0 Å². The molecule has 0 aliphatic carbocycles. The van der Waals surface area contributed by atoms with Crippen LogP contribution < -0.4 is 5.73 Å². The number of hydrogen-bond acceptors (Lipinski definition) is 3. The summed E-state index contributed by atoms with van der Waals surface area (Å²) in [4.78, 5) is 14.5. The van der Waals surface area contributed by atoms with E-state index in [0.29, 0.717) is 5.69 Å². The average molecular weight is 246 g/mol. The van der Waals surface area contributed by atoms with Crippen molar-refractivity contribution >= 4 is 16.9 Å². The van der Waals surface area contributed by atoms with E-state index >= 15 is 0 Å². The van der Waals surface area contributed by atoms with Crippen molar-refractivity contribution in [3.05, 3.63) is 35.5 Å². The van der Waals surface area contributed by atoms with Gasteiger partial charge in [0.15, 0.2) is 0 Å². The fourth-order valence-electron chi connectivity index (χ4n) is 1.98. The van der Waals surface area contributed by atoms with Crippen LogP contribution in [0, 0.1) is 0 Å². The van der Waals surface area contributed by atoms with Gasteiger partial charge in [0.1, 0.15) is 5.69 Å². The maximum Gasteiger partial charge on any atom is 0.354 e. The van der Waals surface area contributed by atoms with Gasteiger partial charge < -0.3 is 15.5 Å². The Balaban J connectivity index is 2.30. The van der Waals surface area contributed by atoms with E-state index in [9.17, 15) is 4.79 Å². The highest BCUT2D eigenvalue weighted by atomic mass is 16.5. The number of aromatic amines is 1. The maximum atomic E-state index is 11.4. The molecule has 0 radical (unpaired) electrons. The van der Waals surface area contributed by atoms with Gasteiger partial charge in [0.05, 0.1) is 7.11 Å². The van der Waals surface area contributed by atoms with E-state index < -0.39 is 0 Å². The van der Waals surface area contributed by atoms with Gasteiger partial charge in [0.2, 0.25) is 0 Å². The molecular weight excluding hydrogens is 228 g/mol. The second kappa shape index (κ2) is 5.23. The Kier molecular flexibility index (Phi) is 3.67. The summed E-state index contributed by atoms with van der Waals surface area (Å²) < 4.78 is 4.69. The summed E-state index contributed by atoms with van der Waals surface area (Å²) >= 11 is 0. The third-order valence-corrected chi connectivity index (χ3v) is 3.11. The lowest BCUT2D eigenvalue weighted by atomic mass is 10.0. The number of methoxy groups -OCH3 is 1. The summed E-state index contributed by atoms with van der Waals surface area (Å²) in [5, 5.41) is 1.01. The quantitative estimate of drug-likeness (QED) is 0.813. The molecule has 0 amide bonds. The third kappa shape index (κ3) is 2.54. The molecule has 4 heteroatoms. The van der Waals surface area contributed by atoms with E-state index in [1.807, 2.05) is 18.2 Å². The highest BCUT2D eigenvalue weighted by Gasteiger charge is 2.10. The summed E-state index contributed by atoms with van der Waals surface area (Å²) in [5.74, 6) is -0.349. The molecule has 0 saturated heterocycles. The van der Waals surface area contributed by atoms with Gasteiger partial charge in [-0.1, -0.05) is 13.0 Å². The van der Waals surface area contributed by atoms with E-state index in [1.54, 1.807) is 0 Å². The molecule has 18 heavy (non-hydrogen) atoms. The van der Waals surface area contributed by atoms with Crippen LogP contribution in [0.25, 0.3) is 10.9 Å². The first kappa shape index (κ1) is 12.6. The second-order valence-electron chi connectivity index (χ2n) is 4.47. The minimum absolute atomic E-state index is 0.182. The number of ether oxygens (including phenoxy) is 1. The van der Waals surface area contributed by atoms with Crippen LogP contribution in [0.1, 0.15) is 29.4 Å². The van der Waals surface area contributed by atoms with Crippen LogP contribution in [-0.2, 0) is 11.2 Å². The van der Waals surface area contributed by atoms with Gasteiger partial charge in [-0.3, -0.25) is 0 Å². The van der Waals surface area contributed by atoms with E-state index in [4.69, 9.17) is 5.73 Å². The van der Waals surface area contributed by atoms with Crippen molar-refractivity contribution in [2.75, 3.05) is 7.11 Å². The SMILES string of the molecule is CC[C@@H](N)Cc1ccc2[nH]c(C(=O)OC)cc2c1. The summed E-state index contributed by atoms with van der Waals surface area (Å²) in [7, 11) is 1.37. The molecule has 1 aromatic carbocycles. The van der Waals surface area contributed by atoms with Crippen molar-refractivity contribution in [1.29, 1.82) is 0 Å². The number of aromatic nitrogens is 1. The lowest BCUT2D eigenvalue weighted by molar-refractivity contribution is 0.0595. The summed E-state index contributed by atoms with van der Waals surface area (Å²) in [6, 6.07) is 8.06. The van der Waals surface area contributed by atoms with Crippen LogP contribution >= 0.6 is 0 Å². The Morgan fingerprint density at radius 2 is 2.22 bits per heavy atom. The zero-order chi connectivity index (χ0) is 13.1. The first-order valence-electron chi connectivity index (χ1n) is 6.09. The van der Waals surface area contributed by atoms with Gasteiger partial charge in [-0.2, -0.15) is 0 Å². The summed E-state index contributed by atoms with van der Waals surface area (Å²) in [6.07, 6.45) is 1.81. The molecule has 2 rings (SSSR count). The van der Waals surface area contributed by atoms with E-state index in [1.165, 1.54) is 12.7 Å². The van der Waals surface area contributed by atoms with Gasteiger partial charge in [-0.25, -0.2) is 4.79 Å². The fraction of sp³-hybridized carbons (Fsp3) is 0.357. The molecule has 0 spiro atoms. The normalized spacial score (nSPS) is 12.6. The van der Waals surface area contributed by atoms with Gasteiger partial charge in [-0.15, -0.1) is 0 Å². The molecule has 0 fully saturated rings. The number of fused-ring (bicyclic) bond motifs is 1. The molecule has 3 N–H and O–H groups in total. The standard InChI is InChI=1S/C14H18N2O2/c1-3-11(15)7-9-4-5-12-10(6-9)8-13(16-12)14(17)18-2/h4-6,8,11,16H,3,7,15H2,1-2H3/t11-/m1/s1. The molecule has 0 unspecified atom stereocenters. The minimum atomic E-state index is -0.349. The van der Waals surface area contributed by atoms with Gasteiger partial charge >= 0.3 is 5.97 Å². The van der Waals surface area contributed by atoms with Crippen molar-refractivity contribution in [3.63, 3.8) is 0 Å². The van der Waals surface area contributed by atoms with Crippen LogP contribution in [0.15, 0.2) is 24.3 Å². The van der Waals surface area contributed by atoms with Crippen molar-refractivity contribution in [3.8, 4) is 0 Å². The number of hydrogen-bond donors (Lipinski definition) is 2. The molecule has 0 aliphatic rings. The molecular formula is C14H18N2O2. The van der Waals surface area contributed by atoms with E-state index in [-0.39, 0.29) is 12.0 Å². The first-order chi connectivity index (χ1) is 8.63. The topological polar surface area (TPSA) is 68.1 Å². The molecule has 0 bridgehead atoms. The number of H-pyrrole nitrogens is 1. The van der Waals surface area contributed by atoms with Crippen LogP contribution in [0.5, 0.6) is 0 Å². The second-order valence-corrected chi connectivity index (χ2v) is 4.47. The number of benzene rings is 1. The van der Waals surface area contributed by atoms with Crippen LogP contribution in [-0.4, -0.2) is 24.1 Å². The molecule has 1 heterocycles. The van der Waals surface area contributed by atoms with Crippen LogP contribution in [0.4, 0.5) is 0 Å². The molecule has 2 aromatic rings. The number of rotatable bonds is 4. The lowest BCUT2D eigenvalue weighted by Crippen LogP contribution is -2.21. The zero-order valence-electron chi connectivity index (χ0n) is 10.7. The third-order valence-electron chi connectivity index (χ3n) is 3.11. The molecule has 1 atom stereocenters. The Labute approximate surface area is 106 Å². The molecule has 0 aliphatic heterocycles. The Hall–Kier alpha value is -1.81. The summed E-state index contributed by atoms with van der Waals surface area (Å²) in [5.41, 5.74) is 8.54. The Bertz CT molecular complexity index is 560. The fourth-order valence-corrected chi connectivity index (χ4v) is 1.98. The number of nitrogens with two attached hydrogens (primary N) is 1. The van der Waals surface area contributed by atoms with Crippen molar-refractivity contribution in [1.82, 2.24) is 4.98 Å². The average Bonchev–Trinajstić information content (AvgIpc) is 2.80. The minimum Gasteiger partial charge on any atom is -0.464 e. The van der Waals surface area contributed by atoms with Crippen LogP contribution in [0.2, 0.25) is 0 Å². The van der Waals surface area contributed by atoms with Gasteiger partial charge in [-0.05, 0) is 36.6 Å². The summed E-state index contributed by atoms with van der Waals surface area (Å²) in [6.45, 7) is 2.08. The van der Waals surface area contributed by atoms with Gasteiger partial charge in [0, 0.05) is 16.9 Å². The lowest BCUT2D eigenvalue weighted by Gasteiger charge is -2.08. The number of carbonyl (C=O) groups is 1. The number of carbonyl (C=O) groups excluding carboxylic acids is 1. The van der Waals surface area contributed by atoms with Crippen molar-refractivity contribution in [2.45, 2.75) is 25.8 Å². The largest absolute Gasteiger partial charge is 0.464 e. The zero-order valence-corrected chi connectivity index (χ0v) is 10.7. The predicted octanol–water partition coefficient (Wildman–Crippen LogP) is 2.23. The van der Waals surface area contributed by atoms with E-state index in [0.717, 1.165) is 23.7 Å². The van der Waals surface area contributed by atoms with Gasteiger partial charge in [0.25, 0.3) is 0 Å². The highest BCUT2D eigenvalue weighted by molar-refractivity contribution is 5.94. The molecule has 96 valence electrons. The molecule has 0 saturated carbocycles. The van der Waals surface area contributed by atoms with E-state index in [2.05, 4.69) is 22.7 Å². The first-order valence-corrected chi connectivity index (χ1v) is 6.09. The smallest absolute Gasteiger partial charge is 0.354 e. The molecule has 1 aromatic heterocycles.